The highest BCUT2D eigenvalue weighted by Gasteiger charge is 2.15. The second-order valence-electron chi connectivity index (χ2n) is 6.75. The summed E-state index contributed by atoms with van der Waals surface area (Å²) in [5, 5.41) is 9.72. The van der Waals surface area contributed by atoms with Crippen LogP contribution in [0.1, 0.15) is 24.2 Å². The van der Waals surface area contributed by atoms with Crippen molar-refractivity contribution in [2.45, 2.75) is 26.1 Å². The van der Waals surface area contributed by atoms with Gasteiger partial charge in [0.1, 0.15) is 5.75 Å². The summed E-state index contributed by atoms with van der Waals surface area (Å²) >= 11 is 0. The minimum Gasteiger partial charge on any atom is -0.497 e. The van der Waals surface area contributed by atoms with E-state index in [0.29, 0.717) is 0 Å². The van der Waals surface area contributed by atoms with Crippen molar-refractivity contribution in [1.29, 1.82) is 0 Å². The van der Waals surface area contributed by atoms with Gasteiger partial charge in [-0.15, -0.1) is 0 Å². The van der Waals surface area contributed by atoms with Crippen molar-refractivity contribution >= 4 is 10.9 Å². The van der Waals surface area contributed by atoms with E-state index in [1.807, 2.05) is 12.1 Å². The Balaban J connectivity index is 1.81. The number of hydrogen-bond donors (Lipinski definition) is 1. The predicted octanol–water partition coefficient (Wildman–Crippen LogP) is 3.46. The molecule has 0 spiro atoms. The van der Waals surface area contributed by atoms with E-state index in [1.54, 1.807) is 7.11 Å². The van der Waals surface area contributed by atoms with Crippen LogP contribution in [-0.4, -0.2) is 42.4 Å². The van der Waals surface area contributed by atoms with Crippen LogP contribution < -0.4 is 10.1 Å². The van der Waals surface area contributed by atoms with E-state index in [4.69, 9.17) is 9.84 Å². The van der Waals surface area contributed by atoms with Crippen LogP contribution in [-0.2, 0) is 13.1 Å². The average molecular weight is 352 g/mol. The summed E-state index contributed by atoms with van der Waals surface area (Å²) in [6.45, 7) is 4.65. The summed E-state index contributed by atoms with van der Waals surface area (Å²) in [6.07, 6.45) is 0. The zero-order valence-electron chi connectivity index (χ0n) is 16.1. The van der Waals surface area contributed by atoms with Gasteiger partial charge in [0.15, 0.2) is 0 Å². The molecule has 0 aliphatic carbocycles. The highest BCUT2D eigenvalue weighted by atomic mass is 16.5. The molecule has 0 aliphatic heterocycles. The van der Waals surface area contributed by atoms with E-state index < -0.39 is 0 Å². The molecule has 5 nitrogen and oxygen atoms in total. The number of rotatable bonds is 8. The van der Waals surface area contributed by atoms with Crippen LogP contribution in [0.3, 0.4) is 0 Å². The molecule has 1 unspecified atom stereocenters. The molecule has 1 N–H and O–H groups in total. The Bertz CT molecular complexity index is 839. The summed E-state index contributed by atoms with van der Waals surface area (Å²) in [4.78, 5) is 2.20. The van der Waals surface area contributed by atoms with E-state index in [0.717, 1.165) is 31.1 Å². The molecule has 3 rings (SSSR count). The molecule has 1 aromatic heterocycles. The molecule has 5 heteroatoms. The Morgan fingerprint density at radius 3 is 2.50 bits per heavy atom. The topological polar surface area (TPSA) is 42.3 Å². The fourth-order valence-corrected chi connectivity index (χ4v) is 3.28. The standard InChI is InChI=1S/C21H28N4O/c1-5-25-21-9-7-6-8-18(21)19(23-25)14-22-20(15-24(2)3)16-10-12-17(26-4)13-11-16/h6-13,20,22H,5,14-15H2,1-4H3. The molecule has 3 aromatic rings. The molecule has 1 atom stereocenters. The lowest BCUT2D eigenvalue weighted by atomic mass is 10.1. The third kappa shape index (κ3) is 4.06. The molecule has 0 amide bonds. The quantitative estimate of drug-likeness (QED) is 0.674. The number of fused-ring (bicyclic) bond motifs is 1. The van der Waals surface area contributed by atoms with Gasteiger partial charge in [0, 0.05) is 31.1 Å². The molecular formula is C21H28N4O. The summed E-state index contributed by atoms with van der Waals surface area (Å²) in [5.41, 5.74) is 3.54. The Kier molecular flexibility index (Phi) is 5.91. The molecule has 0 saturated heterocycles. The van der Waals surface area contributed by atoms with Crippen molar-refractivity contribution in [3.8, 4) is 5.75 Å². The van der Waals surface area contributed by atoms with Crippen LogP contribution in [0.4, 0.5) is 0 Å². The van der Waals surface area contributed by atoms with Gasteiger partial charge in [-0.1, -0.05) is 30.3 Å². The molecule has 26 heavy (non-hydrogen) atoms. The van der Waals surface area contributed by atoms with Crippen molar-refractivity contribution in [2.24, 2.45) is 0 Å². The third-order valence-corrected chi connectivity index (χ3v) is 4.62. The van der Waals surface area contributed by atoms with Crippen LogP contribution >= 0.6 is 0 Å². The van der Waals surface area contributed by atoms with Gasteiger partial charge >= 0.3 is 0 Å². The fourth-order valence-electron chi connectivity index (χ4n) is 3.28. The number of likely N-dealkylation sites (N-methyl/N-ethyl adjacent to an activating group) is 1. The van der Waals surface area contributed by atoms with Crippen LogP contribution in [0.2, 0.25) is 0 Å². The van der Waals surface area contributed by atoms with Gasteiger partial charge in [-0.2, -0.15) is 5.10 Å². The van der Waals surface area contributed by atoms with E-state index in [-0.39, 0.29) is 6.04 Å². The maximum atomic E-state index is 5.28. The van der Waals surface area contributed by atoms with E-state index in [1.165, 1.54) is 16.5 Å². The van der Waals surface area contributed by atoms with Gasteiger partial charge in [-0.3, -0.25) is 4.68 Å². The van der Waals surface area contributed by atoms with Crippen molar-refractivity contribution in [1.82, 2.24) is 20.0 Å². The molecule has 138 valence electrons. The van der Waals surface area contributed by atoms with Gasteiger partial charge in [0.2, 0.25) is 0 Å². The zero-order valence-corrected chi connectivity index (χ0v) is 16.1. The Hall–Kier alpha value is -2.37. The molecule has 0 fully saturated rings. The number of aromatic nitrogens is 2. The second kappa shape index (κ2) is 8.34. The first-order chi connectivity index (χ1) is 12.6. The lowest BCUT2D eigenvalue weighted by molar-refractivity contribution is 0.339. The summed E-state index contributed by atoms with van der Waals surface area (Å²) in [6, 6.07) is 16.9. The number of hydrogen-bond acceptors (Lipinski definition) is 4. The largest absolute Gasteiger partial charge is 0.497 e. The fraction of sp³-hybridized carbons (Fsp3) is 0.381. The number of para-hydroxylation sites is 1. The Morgan fingerprint density at radius 2 is 1.85 bits per heavy atom. The van der Waals surface area contributed by atoms with Gasteiger partial charge < -0.3 is 15.0 Å². The highest BCUT2D eigenvalue weighted by molar-refractivity contribution is 5.81. The first kappa shape index (κ1) is 18.4. The molecule has 0 radical (unpaired) electrons. The number of nitrogens with one attached hydrogen (secondary N) is 1. The summed E-state index contributed by atoms with van der Waals surface area (Å²) < 4.78 is 7.35. The van der Waals surface area contributed by atoms with Crippen LogP contribution in [0.15, 0.2) is 48.5 Å². The van der Waals surface area contributed by atoms with Gasteiger partial charge in [-0.05, 0) is 44.8 Å². The van der Waals surface area contributed by atoms with E-state index in [9.17, 15) is 0 Å². The van der Waals surface area contributed by atoms with Gasteiger partial charge in [0.05, 0.1) is 18.3 Å². The summed E-state index contributed by atoms with van der Waals surface area (Å²) in [5.74, 6) is 0.880. The monoisotopic (exact) mass is 352 g/mol. The number of methoxy groups -OCH3 is 1. The maximum Gasteiger partial charge on any atom is 0.118 e. The molecule has 1 heterocycles. The molecule has 0 aliphatic rings. The first-order valence-corrected chi connectivity index (χ1v) is 9.08. The predicted molar refractivity (Wildman–Crippen MR) is 107 cm³/mol. The smallest absolute Gasteiger partial charge is 0.118 e. The van der Waals surface area contributed by atoms with Crippen molar-refractivity contribution in [2.75, 3.05) is 27.7 Å². The van der Waals surface area contributed by atoms with Crippen LogP contribution in [0, 0.1) is 0 Å². The lowest BCUT2D eigenvalue weighted by Crippen LogP contribution is -2.31. The number of benzene rings is 2. The SMILES string of the molecule is CCn1nc(CNC(CN(C)C)c2ccc(OC)cc2)c2ccccc21. The van der Waals surface area contributed by atoms with Crippen LogP contribution in [0.25, 0.3) is 10.9 Å². The Labute approximate surface area is 155 Å². The normalized spacial score (nSPS) is 12.7. The van der Waals surface area contributed by atoms with Crippen molar-refractivity contribution < 1.29 is 4.74 Å². The molecule has 0 saturated carbocycles. The molecule has 0 bridgehead atoms. The average Bonchev–Trinajstić information content (AvgIpc) is 3.03. The number of aryl methyl sites for hydroxylation is 1. The number of nitrogens with zero attached hydrogens (tertiary/aromatic N) is 3. The molecule has 2 aromatic carbocycles. The zero-order chi connectivity index (χ0) is 18.5. The number of ether oxygens (including phenoxy) is 1. The van der Waals surface area contributed by atoms with Crippen molar-refractivity contribution in [3.05, 3.63) is 59.8 Å². The Morgan fingerprint density at radius 1 is 1.12 bits per heavy atom. The first-order valence-electron chi connectivity index (χ1n) is 9.08. The molecular weight excluding hydrogens is 324 g/mol. The van der Waals surface area contributed by atoms with E-state index >= 15 is 0 Å². The third-order valence-electron chi connectivity index (χ3n) is 4.62. The maximum absolute atomic E-state index is 5.28. The highest BCUT2D eigenvalue weighted by Crippen LogP contribution is 2.21. The second-order valence-corrected chi connectivity index (χ2v) is 6.75. The van der Waals surface area contributed by atoms with E-state index in [2.05, 4.69) is 72.3 Å². The minimum absolute atomic E-state index is 0.224. The minimum atomic E-state index is 0.224. The van der Waals surface area contributed by atoms with Crippen molar-refractivity contribution in [3.63, 3.8) is 0 Å². The van der Waals surface area contributed by atoms with Gasteiger partial charge in [-0.25, -0.2) is 0 Å². The van der Waals surface area contributed by atoms with Crippen LogP contribution in [0.5, 0.6) is 5.75 Å². The summed E-state index contributed by atoms with van der Waals surface area (Å²) in [7, 11) is 5.89. The van der Waals surface area contributed by atoms with Gasteiger partial charge in [0.25, 0.3) is 0 Å². The lowest BCUT2D eigenvalue weighted by Gasteiger charge is -2.23.